The number of nitrogens with one attached hydrogen (secondary N) is 1. The molecule has 1 aliphatic rings. The number of ether oxygens (including phenoxy) is 1. The van der Waals surface area contributed by atoms with Gasteiger partial charge in [-0.15, -0.1) is 11.3 Å². The Morgan fingerprint density at radius 2 is 2.30 bits per heavy atom. The van der Waals surface area contributed by atoms with E-state index in [1.54, 1.807) is 29.2 Å². The standard InChI is InChI=1S/C15H13FN4OS2/c1-22-15-20-14-12(23-15)13(17-7-18-14)19-10-4-5-21-11-3-2-8(16)6-9(10)11/h2-3,6-7,10H,4-5H2,1H3,(H,17,18,19). The second kappa shape index (κ2) is 5.93. The van der Waals surface area contributed by atoms with Gasteiger partial charge in [-0.25, -0.2) is 19.3 Å². The highest BCUT2D eigenvalue weighted by Crippen LogP contribution is 2.37. The number of rotatable bonds is 3. The van der Waals surface area contributed by atoms with Gasteiger partial charge in [0.2, 0.25) is 0 Å². The smallest absolute Gasteiger partial charge is 0.176 e. The topological polar surface area (TPSA) is 59.9 Å². The zero-order chi connectivity index (χ0) is 15.8. The maximum atomic E-state index is 13.6. The van der Waals surface area contributed by atoms with Crippen molar-refractivity contribution in [1.29, 1.82) is 0 Å². The number of hydrogen-bond acceptors (Lipinski definition) is 7. The molecule has 1 unspecified atom stereocenters. The molecular formula is C15H13FN4OS2. The lowest BCUT2D eigenvalue weighted by atomic mass is 10.0. The highest BCUT2D eigenvalue weighted by molar-refractivity contribution is 8.00. The molecule has 0 spiro atoms. The van der Waals surface area contributed by atoms with Gasteiger partial charge >= 0.3 is 0 Å². The molecule has 0 saturated carbocycles. The molecule has 0 aliphatic carbocycles. The van der Waals surface area contributed by atoms with Crippen molar-refractivity contribution in [3.8, 4) is 5.75 Å². The van der Waals surface area contributed by atoms with Gasteiger partial charge in [-0.3, -0.25) is 0 Å². The summed E-state index contributed by atoms with van der Waals surface area (Å²) in [5, 5.41) is 3.41. The summed E-state index contributed by atoms with van der Waals surface area (Å²) in [7, 11) is 0. The number of thioether (sulfide) groups is 1. The predicted molar refractivity (Wildman–Crippen MR) is 89.9 cm³/mol. The average molecular weight is 348 g/mol. The van der Waals surface area contributed by atoms with Crippen molar-refractivity contribution < 1.29 is 9.13 Å². The quantitative estimate of drug-likeness (QED) is 0.725. The van der Waals surface area contributed by atoms with Crippen LogP contribution in [0, 0.1) is 5.82 Å². The molecule has 2 aromatic heterocycles. The van der Waals surface area contributed by atoms with E-state index in [2.05, 4.69) is 20.3 Å². The van der Waals surface area contributed by atoms with Gasteiger partial charge in [-0.1, -0.05) is 11.8 Å². The minimum atomic E-state index is -0.267. The monoisotopic (exact) mass is 348 g/mol. The number of fused-ring (bicyclic) bond motifs is 2. The van der Waals surface area contributed by atoms with Gasteiger partial charge in [0.15, 0.2) is 9.99 Å². The van der Waals surface area contributed by atoms with Crippen molar-refractivity contribution >= 4 is 39.3 Å². The van der Waals surface area contributed by atoms with Crippen LogP contribution in [0.1, 0.15) is 18.0 Å². The lowest BCUT2D eigenvalue weighted by Crippen LogP contribution is -2.21. The minimum absolute atomic E-state index is 0.0487. The number of thiazole rings is 1. The summed E-state index contributed by atoms with van der Waals surface area (Å²) in [6.45, 7) is 0.587. The third kappa shape index (κ3) is 2.72. The molecule has 3 aromatic rings. The van der Waals surface area contributed by atoms with Crippen molar-refractivity contribution in [2.24, 2.45) is 0 Å². The Balaban J connectivity index is 1.72. The molecule has 1 aliphatic heterocycles. The first-order valence-electron chi connectivity index (χ1n) is 7.09. The van der Waals surface area contributed by atoms with Crippen LogP contribution in [-0.2, 0) is 0 Å². The molecule has 0 saturated heterocycles. The van der Waals surface area contributed by atoms with E-state index in [0.717, 1.165) is 32.6 Å². The van der Waals surface area contributed by atoms with E-state index in [4.69, 9.17) is 4.74 Å². The molecule has 1 N–H and O–H groups in total. The lowest BCUT2D eigenvalue weighted by Gasteiger charge is -2.27. The molecule has 118 valence electrons. The summed E-state index contributed by atoms with van der Waals surface area (Å²) in [4.78, 5) is 13.0. The molecule has 0 bridgehead atoms. The Bertz CT molecular complexity index is 870. The van der Waals surface area contributed by atoms with Gasteiger partial charge in [0.25, 0.3) is 0 Å². The molecule has 0 fully saturated rings. The summed E-state index contributed by atoms with van der Waals surface area (Å²) in [6.07, 6.45) is 4.23. The van der Waals surface area contributed by atoms with Crippen molar-refractivity contribution in [2.45, 2.75) is 16.8 Å². The van der Waals surface area contributed by atoms with E-state index >= 15 is 0 Å². The minimum Gasteiger partial charge on any atom is -0.493 e. The maximum Gasteiger partial charge on any atom is 0.176 e. The van der Waals surface area contributed by atoms with Crippen molar-refractivity contribution in [2.75, 3.05) is 18.2 Å². The second-order valence-electron chi connectivity index (χ2n) is 5.08. The molecule has 0 amide bonds. The number of aromatic nitrogens is 3. The van der Waals surface area contributed by atoms with Crippen molar-refractivity contribution in [1.82, 2.24) is 15.0 Å². The number of hydrogen-bond donors (Lipinski definition) is 1. The molecule has 1 atom stereocenters. The molecule has 23 heavy (non-hydrogen) atoms. The molecule has 0 radical (unpaired) electrons. The Morgan fingerprint density at radius 1 is 1.39 bits per heavy atom. The van der Waals surface area contributed by atoms with E-state index in [1.807, 2.05) is 6.26 Å². The Hall–Kier alpha value is -1.93. The normalized spacial score (nSPS) is 16.9. The third-order valence-electron chi connectivity index (χ3n) is 3.67. The molecule has 4 rings (SSSR count). The van der Waals surface area contributed by atoms with Crippen molar-refractivity contribution in [3.05, 3.63) is 35.9 Å². The maximum absolute atomic E-state index is 13.6. The Morgan fingerprint density at radius 3 is 3.17 bits per heavy atom. The predicted octanol–water partition coefficient (Wildman–Crippen LogP) is 3.88. The van der Waals surface area contributed by atoms with Gasteiger partial charge in [0, 0.05) is 12.0 Å². The summed E-state index contributed by atoms with van der Waals surface area (Å²) >= 11 is 3.14. The molecule has 5 nitrogen and oxygen atoms in total. The fourth-order valence-electron chi connectivity index (χ4n) is 2.61. The van der Waals surface area contributed by atoms with E-state index in [0.29, 0.717) is 12.3 Å². The first-order chi connectivity index (χ1) is 11.2. The average Bonchev–Trinajstić information content (AvgIpc) is 3.00. The number of halogens is 1. The van der Waals surface area contributed by atoms with Crippen LogP contribution in [-0.4, -0.2) is 27.8 Å². The SMILES string of the molecule is CSc1nc2ncnc(NC3CCOc4ccc(F)cc43)c2s1. The summed E-state index contributed by atoms with van der Waals surface area (Å²) in [6, 6.07) is 4.56. The van der Waals surface area contributed by atoms with Gasteiger partial charge in [-0.2, -0.15) is 0 Å². The Labute approximate surface area is 140 Å². The van der Waals surface area contributed by atoms with E-state index in [1.165, 1.54) is 18.5 Å². The van der Waals surface area contributed by atoms with Gasteiger partial charge < -0.3 is 10.1 Å². The molecule has 1 aromatic carbocycles. The van der Waals surface area contributed by atoms with Crippen LogP contribution >= 0.6 is 23.1 Å². The largest absolute Gasteiger partial charge is 0.493 e. The van der Waals surface area contributed by atoms with Crippen LogP contribution in [0.4, 0.5) is 10.2 Å². The summed E-state index contributed by atoms with van der Waals surface area (Å²) in [5.41, 5.74) is 1.50. The van der Waals surface area contributed by atoms with Crippen LogP contribution in [0.3, 0.4) is 0 Å². The molecular weight excluding hydrogens is 335 g/mol. The van der Waals surface area contributed by atoms with Crippen LogP contribution in [0.2, 0.25) is 0 Å². The lowest BCUT2D eigenvalue weighted by molar-refractivity contribution is 0.273. The van der Waals surface area contributed by atoms with E-state index in [9.17, 15) is 4.39 Å². The molecule has 8 heteroatoms. The van der Waals surface area contributed by atoms with Crippen LogP contribution in [0.5, 0.6) is 5.75 Å². The van der Waals surface area contributed by atoms with Gasteiger partial charge in [0.1, 0.15) is 28.4 Å². The molecule has 3 heterocycles. The number of nitrogens with zero attached hydrogens (tertiary/aromatic N) is 3. The van der Waals surface area contributed by atoms with Crippen molar-refractivity contribution in [3.63, 3.8) is 0 Å². The fraction of sp³-hybridized carbons (Fsp3) is 0.267. The Kier molecular flexibility index (Phi) is 3.78. The second-order valence-corrected chi connectivity index (χ2v) is 7.13. The van der Waals surface area contributed by atoms with Crippen LogP contribution in [0.25, 0.3) is 10.3 Å². The summed E-state index contributed by atoms with van der Waals surface area (Å²) < 4.78 is 21.1. The van der Waals surface area contributed by atoms with Gasteiger partial charge in [-0.05, 0) is 24.5 Å². The number of benzene rings is 1. The van der Waals surface area contributed by atoms with E-state index in [-0.39, 0.29) is 11.9 Å². The third-order valence-corrected chi connectivity index (χ3v) is 5.70. The van der Waals surface area contributed by atoms with Crippen LogP contribution in [0.15, 0.2) is 28.9 Å². The highest BCUT2D eigenvalue weighted by atomic mass is 32.2. The first kappa shape index (κ1) is 14.6. The number of anilines is 1. The first-order valence-corrected chi connectivity index (χ1v) is 9.13. The fourth-order valence-corrected chi connectivity index (χ4v) is 4.07. The van der Waals surface area contributed by atoms with Crippen LogP contribution < -0.4 is 10.1 Å². The van der Waals surface area contributed by atoms with E-state index < -0.39 is 0 Å². The zero-order valence-electron chi connectivity index (χ0n) is 12.2. The zero-order valence-corrected chi connectivity index (χ0v) is 13.9. The summed E-state index contributed by atoms with van der Waals surface area (Å²) in [5.74, 6) is 1.18. The highest BCUT2D eigenvalue weighted by Gasteiger charge is 2.23. The van der Waals surface area contributed by atoms with Gasteiger partial charge in [0.05, 0.1) is 12.6 Å².